The van der Waals surface area contributed by atoms with E-state index in [0.29, 0.717) is 6.04 Å². The second-order valence-electron chi connectivity index (χ2n) is 6.24. The third kappa shape index (κ3) is 1.77. The molecule has 0 radical (unpaired) electrons. The first kappa shape index (κ1) is 11.4. The zero-order chi connectivity index (χ0) is 13.0. The Hall–Kier alpha value is -1.43. The van der Waals surface area contributed by atoms with Gasteiger partial charge in [-0.3, -0.25) is 4.90 Å². The van der Waals surface area contributed by atoms with Crippen LogP contribution in [0.1, 0.15) is 42.2 Å². The molecule has 2 heterocycles. The van der Waals surface area contributed by atoms with Gasteiger partial charge in [0, 0.05) is 19.1 Å². The topological polar surface area (TPSA) is 71.2 Å². The van der Waals surface area contributed by atoms with Crippen molar-refractivity contribution in [3.63, 3.8) is 0 Å². The van der Waals surface area contributed by atoms with Gasteiger partial charge >= 0.3 is 5.97 Å². The smallest absolute Gasteiger partial charge is 0.358 e. The van der Waals surface area contributed by atoms with Crippen LogP contribution in [-0.2, 0) is 0 Å². The molecule has 3 fully saturated rings. The number of carbonyl (C=O) groups is 1. The van der Waals surface area contributed by atoms with Gasteiger partial charge in [-0.15, -0.1) is 5.10 Å². The van der Waals surface area contributed by atoms with Crippen molar-refractivity contribution < 1.29 is 9.90 Å². The molecule has 3 unspecified atom stereocenters. The molecule has 0 spiro atoms. The highest BCUT2D eigenvalue weighted by molar-refractivity contribution is 5.84. The van der Waals surface area contributed by atoms with E-state index in [1.165, 1.54) is 25.7 Å². The lowest BCUT2D eigenvalue weighted by molar-refractivity contribution is 0.0272. The third-order valence-electron chi connectivity index (χ3n) is 5.16. The summed E-state index contributed by atoms with van der Waals surface area (Å²) in [6.45, 7) is 1.99. The Morgan fingerprint density at radius 3 is 2.74 bits per heavy atom. The summed E-state index contributed by atoms with van der Waals surface area (Å²) in [6.07, 6.45) is 7.19. The average molecular weight is 262 g/mol. The van der Waals surface area contributed by atoms with Crippen LogP contribution in [0.5, 0.6) is 0 Å². The minimum Gasteiger partial charge on any atom is -0.476 e. The van der Waals surface area contributed by atoms with Crippen molar-refractivity contribution >= 4 is 5.97 Å². The fourth-order valence-electron chi connectivity index (χ4n) is 4.14. The first-order valence-corrected chi connectivity index (χ1v) is 7.10. The van der Waals surface area contributed by atoms with Gasteiger partial charge in [0.25, 0.3) is 0 Å². The summed E-state index contributed by atoms with van der Waals surface area (Å²) in [4.78, 5) is 13.3. The molecule has 102 valence electrons. The quantitative estimate of drug-likeness (QED) is 0.880. The molecule has 3 atom stereocenters. The van der Waals surface area contributed by atoms with Gasteiger partial charge in [0.15, 0.2) is 5.69 Å². The molecule has 1 N–H and O–H groups in total. The summed E-state index contributed by atoms with van der Waals surface area (Å²) in [7, 11) is 0. The van der Waals surface area contributed by atoms with Gasteiger partial charge in [-0.05, 0) is 31.1 Å². The molecule has 19 heavy (non-hydrogen) atoms. The molecule has 0 amide bonds. The van der Waals surface area contributed by atoms with Gasteiger partial charge in [-0.1, -0.05) is 11.6 Å². The Morgan fingerprint density at radius 2 is 2.16 bits per heavy atom. The average Bonchev–Trinajstić information content (AvgIpc) is 3.01. The van der Waals surface area contributed by atoms with Crippen molar-refractivity contribution in [1.29, 1.82) is 0 Å². The fourth-order valence-corrected chi connectivity index (χ4v) is 4.14. The van der Waals surface area contributed by atoms with Crippen molar-refractivity contribution in [2.75, 3.05) is 13.1 Å². The number of aromatic carboxylic acids is 1. The first-order valence-electron chi connectivity index (χ1n) is 7.10. The molecule has 2 aliphatic carbocycles. The van der Waals surface area contributed by atoms with Crippen LogP contribution >= 0.6 is 0 Å². The number of likely N-dealkylation sites (tertiary alicyclic amines) is 1. The van der Waals surface area contributed by atoms with Crippen LogP contribution in [0.2, 0.25) is 0 Å². The number of fused-ring (bicyclic) bond motifs is 2. The van der Waals surface area contributed by atoms with Crippen molar-refractivity contribution in [3.05, 3.63) is 11.9 Å². The third-order valence-corrected chi connectivity index (χ3v) is 5.16. The zero-order valence-electron chi connectivity index (χ0n) is 10.8. The second-order valence-corrected chi connectivity index (χ2v) is 6.24. The number of carboxylic acids is 1. The number of hydrogen-bond acceptors (Lipinski definition) is 4. The number of rotatable bonds is 3. The molecular weight excluding hydrogens is 244 g/mol. The molecule has 6 nitrogen and oxygen atoms in total. The summed E-state index contributed by atoms with van der Waals surface area (Å²) < 4.78 is 1.72. The molecule has 4 rings (SSSR count). The van der Waals surface area contributed by atoms with Crippen molar-refractivity contribution in [3.8, 4) is 0 Å². The maximum absolute atomic E-state index is 10.8. The van der Waals surface area contributed by atoms with E-state index in [1.807, 2.05) is 0 Å². The highest BCUT2D eigenvalue weighted by atomic mass is 16.4. The van der Waals surface area contributed by atoms with Crippen LogP contribution in [0.3, 0.4) is 0 Å². The zero-order valence-corrected chi connectivity index (χ0v) is 10.8. The van der Waals surface area contributed by atoms with E-state index >= 15 is 0 Å². The Labute approximate surface area is 111 Å². The number of nitrogens with zero attached hydrogens (tertiary/aromatic N) is 4. The summed E-state index contributed by atoms with van der Waals surface area (Å²) >= 11 is 0. The molecule has 1 aromatic rings. The Morgan fingerprint density at radius 1 is 1.32 bits per heavy atom. The minimum absolute atomic E-state index is 0.0402. The van der Waals surface area contributed by atoms with Gasteiger partial charge in [0.2, 0.25) is 0 Å². The molecule has 2 saturated carbocycles. The summed E-state index contributed by atoms with van der Waals surface area (Å²) in [5, 5.41) is 16.4. The lowest BCUT2D eigenvalue weighted by Gasteiger charge is -2.45. The first-order chi connectivity index (χ1) is 9.20. The molecule has 2 bridgehead atoms. The molecule has 1 aromatic heterocycles. The molecular formula is C13H18N4O2. The van der Waals surface area contributed by atoms with E-state index in [9.17, 15) is 4.79 Å². The van der Waals surface area contributed by atoms with E-state index in [1.54, 1.807) is 10.9 Å². The van der Waals surface area contributed by atoms with Crippen LogP contribution < -0.4 is 0 Å². The Balaban J connectivity index is 1.38. The summed E-state index contributed by atoms with van der Waals surface area (Å²) in [6, 6.07) is 1.08. The predicted octanol–water partition coefficient (Wildman–Crippen LogP) is 1.02. The molecule has 6 heteroatoms. The lowest BCUT2D eigenvalue weighted by atomic mass is 9.91. The molecule has 0 aromatic carbocycles. The van der Waals surface area contributed by atoms with Crippen LogP contribution in [0.4, 0.5) is 0 Å². The van der Waals surface area contributed by atoms with Crippen molar-refractivity contribution in [2.24, 2.45) is 11.8 Å². The lowest BCUT2D eigenvalue weighted by Crippen LogP contribution is -2.54. The highest BCUT2D eigenvalue weighted by Crippen LogP contribution is 2.48. The van der Waals surface area contributed by atoms with Gasteiger partial charge < -0.3 is 5.11 Å². The standard InChI is InChI=1S/C13H18N4O2/c18-13(19)11-7-17(15-14-11)10-5-16(6-10)12-4-8-1-2-9(12)3-8/h7-10,12H,1-6H2,(H,18,19). The SMILES string of the molecule is O=C(O)c1cn(C2CN(C3CC4CCC3C4)C2)nn1. The summed E-state index contributed by atoms with van der Waals surface area (Å²) in [5.41, 5.74) is 0.0402. The molecule has 1 saturated heterocycles. The van der Waals surface area contributed by atoms with E-state index in [2.05, 4.69) is 15.2 Å². The number of aromatic nitrogens is 3. The van der Waals surface area contributed by atoms with Gasteiger partial charge in [-0.2, -0.15) is 0 Å². The maximum Gasteiger partial charge on any atom is 0.358 e. The van der Waals surface area contributed by atoms with Crippen molar-refractivity contribution in [1.82, 2.24) is 19.9 Å². The monoisotopic (exact) mass is 262 g/mol. The maximum atomic E-state index is 10.8. The van der Waals surface area contributed by atoms with Crippen LogP contribution in [0.25, 0.3) is 0 Å². The fraction of sp³-hybridized carbons (Fsp3) is 0.769. The highest BCUT2D eigenvalue weighted by Gasteiger charge is 2.46. The predicted molar refractivity (Wildman–Crippen MR) is 66.8 cm³/mol. The van der Waals surface area contributed by atoms with E-state index < -0.39 is 5.97 Å². The van der Waals surface area contributed by atoms with Crippen molar-refractivity contribution in [2.45, 2.75) is 37.8 Å². The van der Waals surface area contributed by atoms with E-state index in [0.717, 1.165) is 31.0 Å². The van der Waals surface area contributed by atoms with Crippen LogP contribution in [0.15, 0.2) is 6.20 Å². The Kier molecular flexibility index (Phi) is 2.42. The molecule has 3 aliphatic rings. The number of carboxylic acid groups (broad SMARTS) is 1. The van der Waals surface area contributed by atoms with E-state index in [4.69, 9.17) is 5.11 Å². The van der Waals surface area contributed by atoms with Crippen LogP contribution in [0, 0.1) is 11.8 Å². The van der Waals surface area contributed by atoms with E-state index in [-0.39, 0.29) is 5.69 Å². The summed E-state index contributed by atoms with van der Waals surface area (Å²) in [5.74, 6) is 0.880. The van der Waals surface area contributed by atoms with Gasteiger partial charge in [-0.25, -0.2) is 9.48 Å². The second kappa shape index (κ2) is 4.03. The normalized spacial score (nSPS) is 34.6. The van der Waals surface area contributed by atoms with Crippen LogP contribution in [-0.4, -0.2) is 50.1 Å². The largest absolute Gasteiger partial charge is 0.476 e. The Bertz CT molecular complexity index is 508. The van der Waals surface area contributed by atoms with Gasteiger partial charge in [0.1, 0.15) is 0 Å². The van der Waals surface area contributed by atoms with Gasteiger partial charge in [0.05, 0.1) is 12.2 Å². The number of hydrogen-bond donors (Lipinski definition) is 1. The minimum atomic E-state index is -1.00. The molecule has 1 aliphatic heterocycles.